The van der Waals surface area contributed by atoms with Gasteiger partial charge in [-0.25, -0.2) is 5.01 Å². The maximum absolute atomic E-state index is 5.97. The van der Waals surface area contributed by atoms with Crippen molar-refractivity contribution in [2.45, 2.75) is 6.92 Å². The highest BCUT2D eigenvalue weighted by Gasteiger charge is 2.14. The van der Waals surface area contributed by atoms with E-state index in [0.29, 0.717) is 6.61 Å². The first kappa shape index (κ1) is 13.0. The highest BCUT2D eigenvalue weighted by Crippen LogP contribution is 2.25. The Bertz CT molecular complexity index is 389. The standard InChI is InChI=1S/C13H22N4O/c1-3-18-11-4-5-12(14)13(10-11)15-17-8-6-16(2)7-9-17/h4-5,10,15H,3,6-9,14H2,1-2H3. The monoisotopic (exact) mass is 250 g/mol. The fourth-order valence-electron chi connectivity index (χ4n) is 1.98. The summed E-state index contributed by atoms with van der Waals surface area (Å²) in [6.45, 7) is 6.77. The molecule has 1 aromatic carbocycles. The molecule has 18 heavy (non-hydrogen) atoms. The molecular weight excluding hydrogens is 228 g/mol. The van der Waals surface area contributed by atoms with Gasteiger partial charge in [-0.2, -0.15) is 0 Å². The number of anilines is 2. The topological polar surface area (TPSA) is 53.8 Å². The van der Waals surface area contributed by atoms with Gasteiger partial charge in [-0.3, -0.25) is 0 Å². The molecule has 0 atom stereocenters. The van der Waals surface area contributed by atoms with Crippen LogP contribution in [-0.4, -0.2) is 49.7 Å². The van der Waals surface area contributed by atoms with Crippen LogP contribution in [0.25, 0.3) is 0 Å². The summed E-state index contributed by atoms with van der Waals surface area (Å²) in [7, 11) is 2.14. The first-order chi connectivity index (χ1) is 8.69. The number of nitrogens with two attached hydrogens (primary N) is 1. The molecule has 1 saturated heterocycles. The van der Waals surface area contributed by atoms with Gasteiger partial charge in [0, 0.05) is 32.2 Å². The molecular formula is C13H22N4O. The quantitative estimate of drug-likeness (QED) is 0.788. The smallest absolute Gasteiger partial charge is 0.121 e. The van der Waals surface area contributed by atoms with Gasteiger partial charge >= 0.3 is 0 Å². The van der Waals surface area contributed by atoms with Crippen LogP contribution in [0.2, 0.25) is 0 Å². The van der Waals surface area contributed by atoms with Gasteiger partial charge in [0.2, 0.25) is 0 Å². The normalized spacial score (nSPS) is 17.7. The van der Waals surface area contributed by atoms with Crippen LogP contribution in [0.3, 0.4) is 0 Å². The van der Waals surface area contributed by atoms with Crippen molar-refractivity contribution in [2.75, 3.05) is 51.0 Å². The van der Waals surface area contributed by atoms with E-state index < -0.39 is 0 Å². The molecule has 5 heteroatoms. The number of nitrogens with zero attached hydrogens (tertiary/aromatic N) is 2. The SMILES string of the molecule is CCOc1ccc(N)c(NN2CCN(C)CC2)c1. The van der Waals surface area contributed by atoms with Crippen molar-refractivity contribution in [2.24, 2.45) is 0 Å². The van der Waals surface area contributed by atoms with E-state index in [1.54, 1.807) is 0 Å². The molecule has 100 valence electrons. The molecule has 3 N–H and O–H groups in total. The number of hydrogen-bond acceptors (Lipinski definition) is 5. The Morgan fingerprint density at radius 1 is 1.28 bits per heavy atom. The Morgan fingerprint density at radius 3 is 2.67 bits per heavy atom. The van der Waals surface area contributed by atoms with Crippen molar-refractivity contribution in [3.05, 3.63) is 18.2 Å². The third kappa shape index (κ3) is 3.27. The first-order valence-electron chi connectivity index (χ1n) is 6.41. The lowest BCUT2D eigenvalue weighted by Crippen LogP contribution is -2.47. The second-order valence-corrected chi connectivity index (χ2v) is 4.58. The zero-order valence-corrected chi connectivity index (χ0v) is 11.1. The van der Waals surface area contributed by atoms with Crippen molar-refractivity contribution in [1.82, 2.24) is 9.91 Å². The summed E-state index contributed by atoms with van der Waals surface area (Å²) in [6.07, 6.45) is 0. The van der Waals surface area contributed by atoms with E-state index in [1.165, 1.54) is 0 Å². The third-order valence-corrected chi connectivity index (χ3v) is 3.12. The lowest BCUT2D eigenvalue weighted by molar-refractivity contribution is 0.179. The Balaban J connectivity index is 2.01. The summed E-state index contributed by atoms with van der Waals surface area (Å²) in [5.41, 5.74) is 11.0. The maximum atomic E-state index is 5.97. The maximum Gasteiger partial charge on any atom is 0.121 e. The fourth-order valence-corrected chi connectivity index (χ4v) is 1.98. The predicted octanol–water partition coefficient (Wildman–Crippen LogP) is 1.24. The van der Waals surface area contributed by atoms with E-state index in [4.69, 9.17) is 10.5 Å². The summed E-state index contributed by atoms with van der Waals surface area (Å²) < 4.78 is 5.49. The van der Waals surface area contributed by atoms with Gasteiger partial charge in [-0.15, -0.1) is 0 Å². The molecule has 0 spiro atoms. The molecule has 0 aliphatic carbocycles. The number of ether oxygens (including phenoxy) is 1. The van der Waals surface area contributed by atoms with Gasteiger partial charge in [0.15, 0.2) is 0 Å². The van der Waals surface area contributed by atoms with Gasteiger partial charge in [0.25, 0.3) is 0 Å². The van der Waals surface area contributed by atoms with Crippen LogP contribution in [0.1, 0.15) is 6.92 Å². The van der Waals surface area contributed by atoms with E-state index in [1.807, 2.05) is 25.1 Å². The molecule has 1 aliphatic heterocycles. The molecule has 0 aromatic heterocycles. The minimum absolute atomic E-state index is 0.665. The zero-order chi connectivity index (χ0) is 13.0. The number of piperazine rings is 1. The van der Waals surface area contributed by atoms with Gasteiger partial charge in [-0.05, 0) is 26.1 Å². The minimum Gasteiger partial charge on any atom is -0.494 e. The summed E-state index contributed by atoms with van der Waals surface area (Å²) in [4.78, 5) is 2.32. The van der Waals surface area contributed by atoms with Crippen LogP contribution in [0.4, 0.5) is 11.4 Å². The van der Waals surface area contributed by atoms with Crippen molar-refractivity contribution in [1.29, 1.82) is 0 Å². The van der Waals surface area contributed by atoms with Gasteiger partial charge < -0.3 is 20.8 Å². The highest BCUT2D eigenvalue weighted by atomic mass is 16.5. The van der Waals surface area contributed by atoms with Crippen molar-refractivity contribution < 1.29 is 4.74 Å². The molecule has 0 bridgehead atoms. The second kappa shape index (κ2) is 5.93. The number of likely N-dealkylation sites (N-methyl/N-ethyl adjacent to an activating group) is 1. The third-order valence-electron chi connectivity index (χ3n) is 3.12. The first-order valence-corrected chi connectivity index (χ1v) is 6.41. The lowest BCUT2D eigenvalue weighted by Gasteiger charge is -2.33. The van der Waals surface area contributed by atoms with Gasteiger partial charge in [0.05, 0.1) is 18.0 Å². The number of nitrogen functional groups attached to an aromatic ring is 1. The van der Waals surface area contributed by atoms with Crippen LogP contribution in [0.5, 0.6) is 5.75 Å². The van der Waals surface area contributed by atoms with Crippen molar-refractivity contribution in [3.63, 3.8) is 0 Å². The highest BCUT2D eigenvalue weighted by molar-refractivity contribution is 5.67. The van der Waals surface area contributed by atoms with Crippen LogP contribution in [0.15, 0.2) is 18.2 Å². The molecule has 1 aromatic rings. The Kier molecular flexibility index (Phi) is 4.28. The van der Waals surface area contributed by atoms with Crippen LogP contribution >= 0.6 is 0 Å². The molecule has 1 heterocycles. The predicted molar refractivity (Wildman–Crippen MR) is 74.7 cm³/mol. The average molecular weight is 250 g/mol. The number of hydrazine groups is 1. The molecule has 0 saturated carbocycles. The van der Waals surface area contributed by atoms with Crippen LogP contribution < -0.4 is 15.9 Å². The number of nitrogens with one attached hydrogen (secondary N) is 1. The van der Waals surface area contributed by atoms with E-state index in [2.05, 4.69) is 22.4 Å². The molecule has 5 nitrogen and oxygen atoms in total. The average Bonchev–Trinajstić information content (AvgIpc) is 2.36. The van der Waals surface area contributed by atoms with Crippen LogP contribution in [0, 0.1) is 0 Å². The molecule has 2 rings (SSSR count). The Hall–Kier alpha value is -1.46. The summed E-state index contributed by atoms with van der Waals surface area (Å²) in [5, 5.41) is 2.20. The van der Waals surface area contributed by atoms with Crippen molar-refractivity contribution in [3.8, 4) is 5.75 Å². The van der Waals surface area contributed by atoms with Crippen molar-refractivity contribution >= 4 is 11.4 Å². The fraction of sp³-hybridized carbons (Fsp3) is 0.538. The zero-order valence-electron chi connectivity index (χ0n) is 11.1. The van der Waals surface area contributed by atoms with Gasteiger partial charge in [-0.1, -0.05) is 0 Å². The molecule has 0 unspecified atom stereocenters. The molecule has 1 aliphatic rings. The number of benzene rings is 1. The van der Waals surface area contributed by atoms with E-state index in [9.17, 15) is 0 Å². The molecule has 0 amide bonds. The molecule has 0 radical (unpaired) electrons. The second-order valence-electron chi connectivity index (χ2n) is 4.58. The summed E-state index contributed by atoms with van der Waals surface area (Å²) in [6, 6.07) is 5.73. The Morgan fingerprint density at radius 2 is 2.00 bits per heavy atom. The minimum atomic E-state index is 0.665. The van der Waals surface area contributed by atoms with Gasteiger partial charge in [0.1, 0.15) is 5.75 Å². The van der Waals surface area contributed by atoms with E-state index >= 15 is 0 Å². The number of hydrogen-bond donors (Lipinski definition) is 2. The lowest BCUT2D eigenvalue weighted by atomic mass is 10.2. The van der Waals surface area contributed by atoms with Crippen LogP contribution in [-0.2, 0) is 0 Å². The summed E-state index contributed by atoms with van der Waals surface area (Å²) in [5.74, 6) is 0.850. The largest absolute Gasteiger partial charge is 0.494 e. The van der Waals surface area contributed by atoms with E-state index in [-0.39, 0.29) is 0 Å². The summed E-state index contributed by atoms with van der Waals surface area (Å²) >= 11 is 0. The number of rotatable bonds is 4. The van der Waals surface area contributed by atoms with E-state index in [0.717, 1.165) is 43.3 Å². The molecule has 1 fully saturated rings. The Labute approximate surface area is 108 Å².